The van der Waals surface area contributed by atoms with Crippen LogP contribution < -0.4 is 0 Å². The van der Waals surface area contributed by atoms with Crippen LogP contribution in [-0.4, -0.2) is 26.1 Å². The lowest BCUT2D eigenvalue weighted by molar-refractivity contribution is 0.0717. The molecule has 0 aromatic carbocycles. The van der Waals surface area contributed by atoms with E-state index in [1.165, 1.54) is 0 Å². The second-order valence-corrected chi connectivity index (χ2v) is 9.28. The smallest absolute Gasteiger partial charge is 0.186 e. The van der Waals surface area contributed by atoms with Crippen molar-refractivity contribution in [1.82, 2.24) is 0 Å². The van der Waals surface area contributed by atoms with E-state index in [1.54, 1.807) is 0 Å². The van der Waals surface area contributed by atoms with E-state index in [4.69, 9.17) is 14.4 Å². The van der Waals surface area contributed by atoms with Gasteiger partial charge in [-0.15, -0.1) is 0 Å². The number of hydrogen-bond acceptors (Lipinski definition) is 3. The maximum absolute atomic E-state index is 9.14. The largest absolute Gasteiger partial charge is 0.398 e. The van der Waals surface area contributed by atoms with Gasteiger partial charge < -0.3 is 9.16 Å². The van der Waals surface area contributed by atoms with Crippen LogP contribution in [0, 0.1) is 11.3 Å². The van der Waals surface area contributed by atoms with Gasteiger partial charge in [0.25, 0.3) is 0 Å². The Labute approximate surface area is 79.8 Å². The molecule has 2 aliphatic rings. The van der Waals surface area contributed by atoms with Gasteiger partial charge in [0.2, 0.25) is 0 Å². The summed E-state index contributed by atoms with van der Waals surface area (Å²) in [5.41, 5.74) is -0.602. The standard InChI is InChI=1S/C9H15NO2Si/c1-13(2,3)12-9(6-10)5-4-7-8(9)11-7/h7-8H,4-5H2,1-3H3/t7-,8+,9-/m1/s1. The summed E-state index contributed by atoms with van der Waals surface area (Å²) in [5.74, 6) is 0. The summed E-state index contributed by atoms with van der Waals surface area (Å²) in [5, 5.41) is 9.14. The van der Waals surface area contributed by atoms with E-state index in [0.717, 1.165) is 12.8 Å². The summed E-state index contributed by atoms with van der Waals surface area (Å²) >= 11 is 0. The minimum absolute atomic E-state index is 0.0734. The fraction of sp³-hybridized carbons (Fsp3) is 0.889. The summed E-state index contributed by atoms with van der Waals surface area (Å²) in [4.78, 5) is 0. The average Bonchev–Trinajstić information content (AvgIpc) is 2.70. The van der Waals surface area contributed by atoms with Crippen molar-refractivity contribution in [3.05, 3.63) is 0 Å². The van der Waals surface area contributed by atoms with Crippen molar-refractivity contribution >= 4 is 8.32 Å². The first-order chi connectivity index (χ1) is 5.97. The molecule has 72 valence electrons. The highest BCUT2D eigenvalue weighted by atomic mass is 28.4. The maximum Gasteiger partial charge on any atom is 0.186 e. The Morgan fingerprint density at radius 3 is 2.54 bits per heavy atom. The van der Waals surface area contributed by atoms with Crippen LogP contribution in [0.2, 0.25) is 19.6 Å². The summed E-state index contributed by atoms with van der Waals surface area (Å²) in [7, 11) is -1.63. The molecule has 3 nitrogen and oxygen atoms in total. The van der Waals surface area contributed by atoms with E-state index in [2.05, 4.69) is 25.7 Å². The molecule has 0 aromatic rings. The highest BCUT2D eigenvalue weighted by molar-refractivity contribution is 6.69. The Hall–Kier alpha value is -0.373. The Balaban J connectivity index is 2.13. The minimum Gasteiger partial charge on any atom is -0.398 e. The van der Waals surface area contributed by atoms with Crippen molar-refractivity contribution in [1.29, 1.82) is 5.26 Å². The van der Waals surface area contributed by atoms with E-state index in [9.17, 15) is 0 Å². The van der Waals surface area contributed by atoms with Crippen LogP contribution in [0.1, 0.15) is 12.8 Å². The fourth-order valence-electron chi connectivity index (χ4n) is 2.07. The summed E-state index contributed by atoms with van der Waals surface area (Å²) in [6.45, 7) is 6.34. The van der Waals surface area contributed by atoms with Crippen molar-refractivity contribution in [3.8, 4) is 6.07 Å². The van der Waals surface area contributed by atoms with Gasteiger partial charge in [-0.1, -0.05) is 0 Å². The predicted octanol–water partition coefficient (Wildman–Crippen LogP) is 1.66. The minimum atomic E-state index is -1.63. The van der Waals surface area contributed by atoms with Crippen LogP contribution in [-0.2, 0) is 9.16 Å². The molecule has 13 heavy (non-hydrogen) atoms. The lowest BCUT2D eigenvalue weighted by atomic mass is 10.0. The van der Waals surface area contributed by atoms with Gasteiger partial charge in [-0.25, -0.2) is 0 Å². The third kappa shape index (κ3) is 1.52. The average molecular weight is 197 g/mol. The second kappa shape index (κ2) is 2.56. The molecule has 1 saturated heterocycles. The number of nitriles is 1. The summed E-state index contributed by atoms with van der Waals surface area (Å²) in [6, 6.07) is 2.31. The van der Waals surface area contributed by atoms with Gasteiger partial charge in [0.05, 0.1) is 12.2 Å². The first-order valence-electron chi connectivity index (χ1n) is 4.74. The number of ether oxygens (including phenoxy) is 1. The first kappa shape index (κ1) is 9.19. The van der Waals surface area contributed by atoms with Gasteiger partial charge in [0, 0.05) is 0 Å². The molecule has 2 rings (SSSR count). The Bertz CT molecular complexity index is 268. The van der Waals surface area contributed by atoms with Crippen molar-refractivity contribution < 1.29 is 9.16 Å². The zero-order valence-electron chi connectivity index (χ0n) is 8.33. The van der Waals surface area contributed by atoms with Crippen LogP contribution >= 0.6 is 0 Å². The van der Waals surface area contributed by atoms with E-state index in [0.29, 0.717) is 6.10 Å². The van der Waals surface area contributed by atoms with Crippen LogP contribution in [0.5, 0.6) is 0 Å². The van der Waals surface area contributed by atoms with Gasteiger partial charge in [-0.2, -0.15) is 5.26 Å². The van der Waals surface area contributed by atoms with E-state index in [1.807, 2.05) is 0 Å². The second-order valence-electron chi connectivity index (χ2n) is 4.85. The zero-order valence-corrected chi connectivity index (χ0v) is 9.33. The van der Waals surface area contributed by atoms with E-state index >= 15 is 0 Å². The molecule has 0 spiro atoms. The van der Waals surface area contributed by atoms with Crippen molar-refractivity contribution in [2.24, 2.45) is 0 Å². The Morgan fingerprint density at radius 1 is 1.54 bits per heavy atom. The zero-order chi connectivity index (χ0) is 9.69. The van der Waals surface area contributed by atoms with Gasteiger partial charge in [-0.05, 0) is 32.5 Å². The van der Waals surface area contributed by atoms with Gasteiger partial charge in [0.1, 0.15) is 6.10 Å². The molecular weight excluding hydrogens is 182 g/mol. The molecule has 3 atom stereocenters. The maximum atomic E-state index is 9.14. The van der Waals surface area contributed by atoms with E-state index in [-0.39, 0.29) is 6.10 Å². The molecule has 1 aliphatic carbocycles. The topological polar surface area (TPSA) is 45.5 Å². The molecular formula is C9H15NO2Si. The third-order valence-corrected chi connectivity index (χ3v) is 3.50. The molecule has 0 unspecified atom stereocenters. The quantitative estimate of drug-likeness (QED) is 0.499. The van der Waals surface area contributed by atoms with Gasteiger partial charge in [0.15, 0.2) is 13.9 Å². The highest BCUT2D eigenvalue weighted by Gasteiger charge is 2.62. The number of fused-ring (bicyclic) bond motifs is 1. The molecule has 0 N–H and O–H groups in total. The molecule has 4 heteroatoms. The third-order valence-electron chi connectivity index (χ3n) is 2.52. The SMILES string of the molecule is C[Si](C)(C)O[C@@]1(C#N)CC[C@H]2O[C@@H]21. The summed E-state index contributed by atoms with van der Waals surface area (Å²) in [6.07, 6.45) is 2.23. The molecule has 1 aliphatic heterocycles. The van der Waals surface area contributed by atoms with Gasteiger partial charge in [-0.3, -0.25) is 0 Å². The molecule has 1 heterocycles. The number of hydrogen-bond donors (Lipinski definition) is 0. The highest BCUT2D eigenvalue weighted by Crippen LogP contribution is 2.48. The van der Waals surface area contributed by atoms with Gasteiger partial charge >= 0.3 is 0 Å². The number of nitrogens with zero attached hydrogens (tertiary/aromatic N) is 1. The molecule has 0 amide bonds. The normalized spacial score (nSPS) is 42.6. The Morgan fingerprint density at radius 2 is 2.23 bits per heavy atom. The molecule has 2 fully saturated rings. The number of rotatable bonds is 2. The van der Waals surface area contributed by atoms with Crippen LogP contribution in [0.3, 0.4) is 0 Å². The lowest BCUT2D eigenvalue weighted by Gasteiger charge is -2.30. The number of epoxide rings is 1. The molecule has 0 radical (unpaired) electrons. The first-order valence-corrected chi connectivity index (χ1v) is 8.15. The fourth-order valence-corrected chi connectivity index (χ4v) is 3.43. The van der Waals surface area contributed by atoms with Crippen LogP contribution in [0.15, 0.2) is 0 Å². The Kier molecular flexibility index (Phi) is 1.81. The van der Waals surface area contributed by atoms with Crippen molar-refractivity contribution in [2.75, 3.05) is 0 Å². The predicted molar refractivity (Wildman–Crippen MR) is 50.7 cm³/mol. The monoisotopic (exact) mass is 197 g/mol. The lowest BCUT2D eigenvalue weighted by Crippen LogP contribution is -2.44. The van der Waals surface area contributed by atoms with Crippen molar-refractivity contribution in [2.45, 2.75) is 50.3 Å². The molecule has 1 saturated carbocycles. The van der Waals surface area contributed by atoms with Crippen molar-refractivity contribution in [3.63, 3.8) is 0 Å². The summed E-state index contributed by atoms with van der Waals surface area (Å²) < 4.78 is 11.3. The molecule has 0 aromatic heterocycles. The van der Waals surface area contributed by atoms with Crippen LogP contribution in [0.4, 0.5) is 0 Å². The van der Waals surface area contributed by atoms with Crippen LogP contribution in [0.25, 0.3) is 0 Å². The molecule has 0 bridgehead atoms. The van der Waals surface area contributed by atoms with E-state index < -0.39 is 13.9 Å².